The topological polar surface area (TPSA) is 142 Å². The Kier molecular flexibility index (Phi) is 12.7. The third-order valence-electron chi connectivity index (χ3n) is 6.01. The van der Waals surface area contributed by atoms with E-state index in [-0.39, 0.29) is 17.9 Å². The molecule has 1 aliphatic carbocycles. The highest BCUT2D eigenvalue weighted by Crippen LogP contribution is 2.32. The second-order valence-electron chi connectivity index (χ2n) is 9.22. The highest BCUT2D eigenvalue weighted by atomic mass is 32.2. The van der Waals surface area contributed by atoms with Crippen LogP contribution in [0.25, 0.3) is 5.76 Å². The van der Waals surface area contributed by atoms with Crippen LogP contribution in [0, 0.1) is 0 Å². The fourth-order valence-corrected chi connectivity index (χ4v) is 5.38. The number of rotatable bonds is 19. The van der Waals surface area contributed by atoms with E-state index in [1.165, 1.54) is 82.1 Å². The van der Waals surface area contributed by atoms with Gasteiger partial charge in [0.1, 0.15) is 11.5 Å². The van der Waals surface area contributed by atoms with Crippen molar-refractivity contribution in [3.63, 3.8) is 0 Å². The van der Waals surface area contributed by atoms with E-state index in [1.54, 1.807) is 0 Å². The summed E-state index contributed by atoms with van der Waals surface area (Å²) in [6.45, 7) is 2.23. The van der Waals surface area contributed by atoms with E-state index in [0.29, 0.717) is 24.0 Å². The first kappa shape index (κ1) is 30.1. The zero-order valence-electron chi connectivity index (χ0n) is 21.2. The molecule has 1 amide bonds. The molecule has 36 heavy (non-hydrogen) atoms. The van der Waals surface area contributed by atoms with Gasteiger partial charge in [0.15, 0.2) is 0 Å². The van der Waals surface area contributed by atoms with Crippen LogP contribution in [0.2, 0.25) is 0 Å². The Labute approximate surface area is 216 Å². The van der Waals surface area contributed by atoms with E-state index in [4.69, 9.17) is 13.5 Å². The normalized spacial score (nSPS) is 13.2. The molecule has 0 unspecified atom stereocenters. The lowest BCUT2D eigenvalue weighted by Crippen LogP contribution is -2.33. The van der Waals surface area contributed by atoms with E-state index in [2.05, 4.69) is 6.92 Å². The van der Waals surface area contributed by atoms with Gasteiger partial charge in [-0.05, 0) is 42.7 Å². The molecule has 1 aromatic carbocycles. The van der Waals surface area contributed by atoms with Crippen LogP contribution >= 0.6 is 0 Å². The lowest BCUT2D eigenvalue weighted by atomic mass is 10.0. The fourth-order valence-electron chi connectivity index (χ4n) is 4.19. The van der Waals surface area contributed by atoms with Crippen molar-refractivity contribution in [2.75, 3.05) is 0 Å². The molecule has 204 valence electrons. The van der Waals surface area contributed by atoms with Gasteiger partial charge in [0, 0.05) is 12.0 Å². The monoisotopic (exact) mass is 544 g/mol. The summed E-state index contributed by atoms with van der Waals surface area (Å²) in [6, 6.07) is 4.27. The second-order valence-corrected chi connectivity index (χ2v) is 11.7. The molecule has 1 aromatic rings. The number of carbonyl (C=O) groups is 1. The Hall–Kier alpha value is -2.11. The number of hydrogen-bond acceptors (Lipinski definition) is 7. The summed E-state index contributed by atoms with van der Waals surface area (Å²) in [4.78, 5) is 12.0. The first-order valence-corrected chi connectivity index (χ1v) is 15.8. The van der Waals surface area contributed by atoms with Crippen LogP contribution in [0.1, 0.15) is 108 Å². The highest BCUT2D eigenvalue weighted by Gasteiger charge is 2.22. The van der Waals surface area contributed by atoms with Crippen LogP contribution in [0.5, 0.6) is 5.75 Å². The smallest absolute Gasteiger partial charge is 0.371 e. The van der Waals surface area contributed by atoms with Crippen molar-refractivity contribution in [2.45, 2.75) is 103 Å². The Bertz CT molecular complexity index is 1080. The Morgan fingerprint density at radius 2 is 1.42 bits per heavy atom. The van der Waals surface area contributed by atoms with Gasteiger partial charge in [-0.2, -0.15) is 22.0 Å². The SMILES string of the molecule is CCCCCCCCCCCCCCCC(=O)NS(=O)(=O)Oc1ccc2c(c1)CC=C2OS(N)(=O)=O. The molecule has 1 aliphatic rings. The molecule has 0 saturated carbocycles. The van der Waals surface area contributed by atoms with Gasteiger partial charge in [0.2, 0.25) is 5.91 Å². The van der Waals surface area contributed by atoms with Crippen molar-refractivity contribution in [1.29, 1.82) is 0 Å². The molecule has 2 rings (SSSR count). The minimum Gasteiger partial charge on any atom is -0.371 e. The molecule has 0 saturated heterocycles. The standard InChI is InChI=1S/C25H40N2O7S2/c1-2-3-4-5-6-7-8-9-10-11-12-13-14-15-25(28)27-36(31,32)33-22-17-18-23-21(20-22)16-19-24(23)34-35(26,29)30/h17-20H,2-16H2,1H3,(H,27,28)(H2,26,29,30). The number of amides is 1. The molecule has 3 N–H and O–H groups in total. The number of nitrogens with one attached hydrogen (secondary N) is 1. The second kappa shape index (κ2) is 15.2. The molecule has 0 aliphatic heterocycles. The van der Waals surface area contributed by atoms with Crippen LogP contribution in [-0.4, -0.2) is 22.7 Å². The molecule has 0 fully saturated rings. The predicted molar refractivity (Wildman–Crippen MR) is 140 cm³/mol. The zero-order chi connectivity index (χ0) is 26.4. The fraction of sp³-hybridized carbons (Fsp3) is 0.640. The highest BCUT2D eigenvalue weighted by molar-refractivity contribution is 7.85. The van der Waals surface area contributed by atoms with Gasteiger partial charge in [-0.1, -0.05) is 84.0 Å². The van der Waals surface area contributed by atoms with Gasteiger partial charge in [0.25, 0.3) is 0 Å². The quantitative estimate of drug-likeness (QED) is 0.233. The van der Waals surface area contributed by atoms with Gasteiger partial charge in [0.05, 0.1) is 0 Å². The van der Waals surface area contributed by atoms with Crippen molar-refractivity contribution < 1.29 is 30.0 Å². The van der Waals surface area contributed by atoms with Crippen molar-refractivity contribution in [2.24, 2.45) is 5.14 Å². The summed E-state index contributed by atoms with van der Waals surface area (Å²) in [5, 5.41) is 4.89. The van der Waals surface area contributed by atoms with E-state index < -0.39 is 26.5 Å². The number of carbonyl (C=O) groups excluding carboxylic acids is 1. The van der Waals surface area contributed by atoms with Crippen molar-refractivity contribution in [1.82, 2.24) is 4.72 Å². The summed E-state index contributed by atoms with van der Waals surface area (Å²) < 4.78 is 58.3. The molecule has 0 bridgehead atoms. The van der Waals surface area contributed by atoms with Crippen LogP contribution in [0.15, 0.2) is 24.3 Å². The van der Waals surface area contributed by atoms with Gasteiger partial charge in [-0.3, -0.25) is 4.79 Å². The van der Waals surface area contributed by atoms with Gasteiger partial charge in [-0.25, -0.2) is 4.72 Å². The first-order chi connectivity index (χ1) is 17.1. The Balaban J connectivity index is 1.60. The zero-order valence-corrected chi connectivity index (χ0v) is 22.8. The largest absolute Gasteiger partial charge is 0.409 e. The van der Waals surface area contributed by atoms with Gasteiger partial charge in [-0.15, -0.1) is 0 Å². The van der Waals surface area contributed by atoms with Crippen LogP contribution in [0.4, 0.5) is 0 Å². The molecule has 0 atom stereocenters. The van der Waals surface area contributed by atoms with E-state index in [1.807, 2.05) is 4.72 Å². The average Bonchev–Trinajstić information content (AvgIpc) is 3.16. The Morgan fingerprint density at radius 1 is 0.861 bits per heavy atom. The molecule has 11 heteroatoms. The van der Waals surface area contributed by atoms with Crippen LogP contribution in [0.3, 0.4) is 0 Å². The van der Waals surface area contributed by atoms with E-state index in [9.17, 15) is 21.6 Å². The maximum atomic E-state index is 12.2. The summed E-state index contributed by atoms with van der Waals surface area (Å²) >= 11 is 0. The van der Waals surface area contributed by atoms with Crippen molar-refractivity contribution in [3.05, 3.63) is 35.4 Å². The minimum absolute atomic E-state index is 0.000245. The average molecular weight is 545 g/mol. The molecule has 0 heterocycles. The predicted octanol–water partition coefficient (Wildman–Crippen LogP) is 5.02. The molecule has 9 nitrogen and oxygen atoms in total. The number of allylic oxidation sites excluding steroid dienone is 1. The van der Waals surface area contributed by atoms with Crippen LogP contribution < -0.4 is 14.0 Å². The third kappa shape index (κ3) is 12.2. The third-order valence-corrected chi connectivity index (χ3v) is 7.31. The molecular formula is C25H40N2O7S2. The van der Waals surface area contributed by atoms with E-state index >= 15 is 0 Å². The first-order valence-electron chi connectivity index (χ1n) is 12.9. The molecular weight excluding hydrogens is 504 g/mol. The lowest BCUT2D eigenvalue weighted by molar-refractivity contribution is -0.119. The Morgan fingerprint density at radius 3 is 1.97 bits per heavy atom. The summed E-state index contributed by atoms with van der Waals surface area (Å²) in [6.07, 6.45) is 17.3. The lowest BCUT2D eigenvalue weighted by Gasteiger charge is -2.10. The van der Waals surface area contributed by atoms with Gasteiger partial charge >= 0.3 is 20.6 Å². The van der Waals surface area contributed by atoms with Crippen molar-refractivity contribution >= 4 is 32.3 Å². The van der Waals surface area contributed by atoms with Crippen LogP contribution in [-0.2, 0) is 36.0 Å². The summed E-state index contributed by atoms with van der Waals surface area (Å²) in [5.41, 5.74) is 1.08. The summed E-state index contributed by atoms with van der Waals surface area (Å²) in [7, 11) is -8.49. The number of benzene rings is 1. The summed E-state index contributed by atoms with van der Waals surface area (Å²) in [5.74, 6) is -0.530. The molecule has 0 spiro atoms. The number of fused-ring (bicyclic) bond motifs is 1. The number of unbranched alkanes of at least 4 members (excludes halogenated alkanes) is 12. The number of nitrogens with two attached hydrogens (primary N) is 1. The molecule has 0 aromatic heterocycles. The number of hydrogen-bond donors (Lipinski definition) is 2. The van der Waals surface area contributed by atoms with Crippen molar-refractivity contribution in [3.8, 4) is 5.75 Å². The van der Waals surface area contributed by atoms with Gasteiger partial charge < -0.3 is 8.37 Å². The molecule has 0 radical (unpaired) electrons. The minimum atomic E-state index is -4.33. The van der Waals surface area contributed by atoms with E-state index in [0.717, 1.165) is 19.3 Å². The maximum Gasteiger partial charge on any atom is 0.409 e. The maximum absolute atomic E-state index is 12.2.